The van der Waals surface area contributed by atoms with E-state index in [9.17, 15) is 14.4 Å². The van der Waals surface area contributed by atoms with Crippen LogP contribution < -0.4 is 16.0 Å². The third-order valence-corrected chi connectivity index (χ3v) is 3.45. The summed E-state index contributed by atoms with van der Waals surface area (Å²) in [6, 6.07) is 7.04. The Bertz CT molecular complexity index is 571. The van der Waals surface area contributed by atoms with Gasteiger partial charge in [-0.1, -0.05) is 13.0 Å². The molecule has 21 heavy (non-hydrogen) atoms. The van der Waals surface area contributed by atoms with Crippen LogP contribution in [-0.2, 0) is 14.4 Å². The molecule has 1 aliphatic heterocycles. The Morgan fingerprint density at radius 2 is 2.19 bits per heavy atom. The summed E-state index contributed by atoms with van der Waals surface area (Å²) in [6.07, 6.45) is 1.37. The van der Waals surface area contributed by atoms with E-state index >= 15 is 0 Å². The molecule has 6 nitrogen and oxygen atoms in total. The number of benzene rings is 1. The van der Waals surface area contributed by atoms with Gasteiger partial charge in [0.15, 0.2) is 0 Å². The second kappa shape index (κ2) is 6.39. The predicted octanol–water partition coefficient (Wildman–Crippen LogP) is 1.26. The molecule has 1 fully saturated rings. The van der Waals surface area contributed by atoms with Gasteiger partial charge < -0.3 is 16.0 Å². The molecule has 0 aromatic heterocycles. The number of nitrogens with two attached hydrogens (primary N) is 1. The summed E-state index contributed by atoms with van der Waals surface area (Å²) in [6.45, 7) is 2.23. The topological polar surface area (TPSA) is 92.5 Å². The van der Waals surface area contributed by atoms with E-state index in [1.807, 2.05) is 6.92 Å². The summed E-state index contributed by atoms with van der Waals surface area (Å²) >= 11 is 0. The first kappa shape index (κ1) is 15.0. The van der Waals surface area contributed by atoms with E-state index in [2.05, 4.69) is 5.32 Å². The first-order valence-corrected chi connectivity index (χ1v) is 7.01. The lowest BCUT2D eigenvalue weighted by Crippen LogP contribution is -2.28. The molecule has 1 heterocycles. The summed E-state index contributed by atoms with van der Waals surface area (Å²) in [7, 11) is 0. The highest BCUT2D eigenvalue weighted by Gasteiger charge is 2.33. The number of nitrogens with zero attached hydrogens (tertiary/aromatic N) is 1. The number of amides is 3. The highest BCUT2D eigenvalue weighted by atomic mass is 16.2. The standard InChI is InChI=1S/C15H19N3O3/c1-2-4-13(19)17-11-5-3-6-12(8-11)18-9-10(15(16)21)7-14(18)20/h3,5-6,8,10H,2,4,7,9H2,1H3,(H2,16,21)(H,17,19)/t10-/m0/s1. The van der Waals surface area contributed by atoms with Crippen LogP contribution in [0.4, 0.5) is 11.4 Å². The van der Waals surface area contributed by atoms with Crippen molar-refractivity contribution in [2.45, 2.75) is 26.2 Å². The number of rotatable bonds is 5. The van der Waals surface area contributed by atoms with Crippen molar-refractivity contribution in [2.24, 2.45) is 11.7 Å². The molecule has 1 saturated heterocycles. The van der Waals surface area contributed by atoms with Crippen molar-refractivity contribution in [3.63, 3.8) is 0 Å². The third kappa shape index (κ3) is 3.59. The Kier molecular flexibility index (Phi) is 4.57. The molecule has 6 heteroatoms. The van der Waals surface area contributed by atoms with Crippen LogP contribution in [0.25, 0.3) is 0 Å². The number of hydrogen-bond donors (Lipinski definition) is 2. The molecule has 0 aliphatic carbocycles. The SMILES string of the molecule is CCCC(=O)Nc1cccc(N2C[C@@H](C(N)=O)CC2=O)c1. The molecule has 3 amide bonds. The minimum atomic E-state index is -0.460. The average molecular weight is 289 g/mol. The Morgan fingerprint density at radius 1 is 1.43 bits per heavy atom. The van der Waals surface area contributed by atoms with Crippen molar-refractivity contribution in [3.8, 4) is 0 Å². The maximum Gasteiger partial charge on any atom is 0.227 e. The van der Waals surface area contributed by atoms with Gasteiger partial charge in [-0.05, 0) is 24.6 Å². The Hall–Kier alpha value is -2.37. The van der Waals surface area contributed by atoms with Crippen LogP contribution in [0.3, 0.4) is 0 Å². The molecule has 0 radical (unpaired) electrons. The van der Waals surface area contributed by atoms with Crippen molar-refractivity contribution in [1.82, 2.24) is 0 Å². The van der Waals surface area contributed by atoms with Crippen molar-refractivity contribution < 1.29 is 14.4 Å². The van der Waals surface area contributed by atoms with Gasteiger partial charge in [-0.25, -0.2) is 0 Å². The zero-order valence-corrected chi connectivity index (χ0v) is 12.0. The molecule has 0 spiro atoms. The zero-order valence-electron chi connectivity index (χ0n) is 12.0. The van der Waals surface area contributed by atoms with E-state index in [1.54, 1.807) is 24.3 Å². The van der Waals surface area contributed by atoms with Gasteiger partial charge >= 0.3 is 0 Å². The lowest BCUT2D eigenvalue weighted by molar-refractivity contribution is -0.123. The van der Waals surface area contributed by atoms with Crippen LogP contribution in [0.15, 0.2) is 24.3 Å². The quantitative estimate of drug-likeness (QED) is 0.854. The zero-order chi connectivity index (χ0) is 15.4. The lowest BCUT2D eigenvalue weighted by Gasteiger charge is -2.17. The van der Waals surface area contributed by atoms with E-state index in [0.717, 1.165) is 6.42 Å². The highest BCUT2D eigenvalue weighted by Crippen LogP contribution is 2.27. The number of hydrogen-bond acceptors (Lipinski definition) is 3. The van der Waals surface area contributed by atoms with Crippen LogP contribution in [-0.4, -0.2) is 24.3 Å². The van der Waals surface area contributed by atoms with Gasteiger partial charge in [-0.3, -0.25) is 14.4 Å². The van der Waals surface area contributed by atoms with E-state index in [4.69, 9.17) is 5.73 Å². The molecule has 1 atom stereocenters. The largest absolute Gasteiger partial charge is 0.369 e. The maximum atomic E-state index is 12.0. The first-order chi connectivity index (χ1) is 10.0. The minimum absolute atomic E-state index is 0.0580. The molecule has 1 aromatic rings. The molecule has 2 rings (SSSR count). The van der Waals surface area contributed by atoms with Crippen molar-refractivity contribution in [1.29, 1.82) is 0 Å². The van der Waals surface area contributed by atoms with E-state index < -0.39 is 11.8 Å². The fourth-order valence-electron chi connectivity index (χ4n) is 2.35. The highest BCUT2D eigenvalue weighted by molar-refractivity contribution is 6.00. The number of anilines is 2. The minimum Gasteiger partial charge on any atom is -0.369 e. The van der Waals surface area contributed by atoms with Gasteiger partial charge in [0.1, 0.15) is 0 Å². The van der Waals surface area contributed by atoms with Crippen LogP contribution in [0.5, 0.6) is 0 Å². The molecular weight excluding hydrogens is 270 g/mol. The Morgan fingerprint density at radius 3 is 2.81 bits per heavy atom. The lowest BCUT2D eigenvalue weighted by atomic mass is 10.1. The third-order valence-electron chi connectivity index (χ3n) is 3.45. The van der Waals surface area contributed by atoms with Gasteiger partial charge in [0.25, 0.3) is 0 Å². The summed E-state index contributed by atoms with van der Waals surface area (Å²) in [4.78, 5) is 36.3. The van der Waals surface area contributed by atoms with Gasteiger partial charge in [0, 0.05) is 30.8 Å². The fraction of sp³-hybridized carbons (Fsp3) is 0.400. The Labute approximate surface area is 123 Å². The summed E-state index contributed by atoms with van der Waals surface area (Å²) in [5.41, 5.74) is 6.56. The Balaban J connectivity index is 2.12. The molecule has 112 valence electrons. The number of nitrogens with one attached hydrogen (secondary N) is 1. The number of primary amides is 1. The van der Waals surface area contributed by atoms with E-state index in [0.29, 0.717) is 24.3 Å². The molecule has 1 aromatic carbocycles. The molecule has 0 bridgehead atoms. The molecule has 1 aliphatic rings. The summed E-state index contributed by atoms with van der Waals surface area (Å²) in [5, 5.41) is 2.79. The monoisotopic (exact) mass is 289 g/mol. The van der Waals surface area contributed by atoms with Crippen LogP contribution in [0.1, 0.15) is 26.2 Å². The van der Waals surface area contributed by atoms with Gasteiger partial charge in [0.05, 0.1) is 5.92 Å². The first-order valence-electron chi connectivity index (χ1n) is 7.01. The van der Waals surface area contributed by atoms with Gasteiger partial charge in [-0.2, -0.15) is 0 Å². The molecular formula is C15H19N3O3. The molecule has 0 unspecified atom stereocenters. The predicted molar refractivity (Wildman–Crippen MR) is 79.6 cm³/mol. The molecule has 3 N–H and O–H groups in total. The normalized spacial score (nSPS) is 17.9. The number of carbonyl (C=O) groups is 3. The average Bonchev–Trinajstić information content (AvgIpc) is 2.81. The second-order valence-corrected chi connectivity index (χ2v) is 5.16. The van der Waals surface area contributed by atoms with Crippen LogP contribution >= 0.6 is 0 Å². The second-order valence-electron chi connectivity index (χ2n) is 5.16. The molecule has 0 saturated carbocycles. The maximum absolute atomic E-state index is 12.0. The van der Waals surface area contributed by atoms with Crippen molar-refractivity contribution in [2.75, 3.05) is 16.8 Å². The van der Waals surface area contributed by atoms with Crippen LogP contribution in [0, 0.1) is 5.92 Å². The number of carbonyl (C=O) groups excluding carboxylic acids is 3. The van der Waals surface area contributed by atoms with E-state index in [1.165, 1.54) is 4.90 Å². The fourth-order valence-corrected chi connectivity index (χ4v) is 2.35. The summed E-state index contributed by atoms with van der Waals surface area (Å²) < 4.78 is 0. The smallest absolute Gasteiger partial charge is 0.227 e. The van der Waals surface area contributed by atoms with E-state index in [-0.39, 0.29) is 18.2 Å². The van der Waals surface area contributed by atoms with Crippen molar-refractivity contribution in [3.05, 3.63) is 24.3 Å². The van der Waals surface area contributed by atoms with Gasteiger partial charge in [-0.15, -0.1) is 0 Å². The van der Waals surface area contributed by atoms with Crippen LogP contribution in [0.2, 0.25) is 0 Å². The summed E-state index contributed by atoms with van der Waals surface area (Å²) in [5.74, 6) is -1.10. The van der Waals surface area contributed by atoms with Crippen molar-refractivity contribution >= 4 is 29.1 Å². The van der Waals surface area contributed by atoms with Gasteiger partial charge in [0.2, 0.25) is 17.7 Å².